The molecule has 2 fully saturated rings. The highest BCUT2D eigenvalue weighted by Crippen LogP contribution is 2.59. The standard InChI is InChI=1S/C25H48O2Si/c1-18(13-14-19(2)24(6,7)26)20-15-16-21-22(12-11-17-25(20,21)8)27-28(9,10)23(3,4)5/h13-14,18-22,26H,11-12,15-17H2,1-10H3/b14-13+/t18-,19+,20-,21+,22+,25-/m1/s1. The fourth-order valence-corrected chi connectivity index (χ4v) is 6.82. The van der Waals surface area contributed by atoms with E-state index in [-0.39, 0.29) is 11.0 Å². The van der Waals surface area contributed by atoms with Crippen molar-refractivity contribution in [1.82, 2.24) is 0 Å². The number of hydrogen-bond donors (Lipinski definition) is 1. The van der Waals surface area contributed by atoms with E-state index in [1.165, 1.54) is 32.1 Å². The van der Waals surface area contributed by atoms with Crippen LogP contribution in [0.25, 0.3) is 0 Å². The van der Waals surface area contributed by atoms with Crippen molar-refractivity contribution in [2.45, 2.75) is 117 Å². The zero-order chi connectivity index (χ0) is 21.5. The van der Waals surface area contributed by atoms with Gasteiger partial charge in [0, 0.05) is 12.0 Å². The van der Waals surface area contributed by atoms with E-state index in [1.54, 1.807) is 0 Å². The lowest BCUT2D eigenvalue weighted by Crippen LogP contribution is -2.50. The maximum atomic E-state index is 10.2. The van der Waals surface area contributed by atoms with Gasteiger partial charge >= 0.3 is 0 Å². The van der Waals surface area contributed by atoms with Gasteiger partial charge in [-0.2, -0.15) is 0 Å². The highest BCUT2D eigenvalue weighted by atomic mass is 28.4. The van der Waals surface area contributed by atoms with E-state index in [1.807, 2.05) is 13.8 Å². The molecule has 0 saturated heterocycles. The Morgan fingerprint density at radius 3 is 2.18 bits per heavy atom. The molecule has 0 unspecified atom stereocenters. The van der Waals surface area contributed by atoms with Crippen LogP contribution in [0.3, 0.4) is 0 Å². The molecule has 0 heterocycles. The van der Waals surface area contributed by atoms with E-state index in [0.29, 0.717) is 23.4 Å². The third-order valence-electron chi connectivity index (χ3n) is 8.84. The second kappa shape index (κ2) is 8.19. The lowest BCUT2D eigenvalue weighted by atomic mass is 9.62. The Morgan fingerprint density at radius 2 is 1.64 bits per heavy atom. The van der Waals surface area contributed by atoms with Crippen LogP contribution in [0.15, 0.2) is 12.2 Å². The molecule has 0 aliphatic heterocycles. The van der Waals surface area contributed by atoms with Crippen molar-refractivity contribution in [1.29, 1.82) is 0 Å². The largest absolute Gasteiger partial charge is 0.414 e. The summed E-state index contributed by atoms with van der Waals surface area (Å²) in [5.41, 5.74) is -0.252. The molecule has 28 heavy (non-hydrogen) atoms. The summed E-state index contributed by atoms with van der Waals surface area (Å²) in [6.45, 7) is 22.8. The summed E-state index contributed by atoms with van der Waals surface area (Å²) >= 11 is 0. The number of fused-ring (bicyclic) bond motifs is 1. The summed E-state index contributed by atoms with van der Waals surface area (Å²) in [6, 6.07) is 0. The molecule has 2 nitrogen and oxygen atoms in total. The first-order valence-corrected chi connectivity index (χ1v) is 14.6. The molecule has 0 aromatic carbocycles. The minimum Gasteiger partial charge on any atom is -0.414 e. The van der Waals surface area contributed by atoms with Crippen LogP contribution in [0, 0.1) is 29.1 Å². The van der Waals surface area contributed by atoms with Crippen molar-refractivity contribution in [2.24, 2.45) is 29.1 Å². The average molecular weight is 409 g/mol. The normalized spacial score (nSPS) is 34.5. The quantitative estimate of drug-likeness (QED) is 0.372. The summed E-state index contributed by atoms with van der Waals surface area (Å²) in [7, 11) is -1.73. The van der Waals surface area contributed by atoms with Crippen LogP contribution < -0.4 is 0 Å². The topological polar surface area (TPSA) is 29.5 Å². The second-order valence-electron chi connectivity index (χ2n) is 12.3. The van der Waals surface area contributed by atoms with E-state index in [0.717, 1.165) is 5.92 Å². The van der Waals surface area contributed by atoms with Gasteiger partial charge in [-0.15, -0.1) is 0 Å². The summed E-state index contributed by atoms with van der Waals surface area (Å²) in [5, 5.41) is 10.5. The molecular formula is C25H48O2Si. The van der Waals surface area contributed by atoms with Gasteiger partial charge in [0.2, 0.25) is 0 Å². The Labute approximate surface area is 176 Å². The summed E-state index contributed by atoms with van der Waals surface area (Å²) in [4.78, 5) is 0. The maximum absolute atomic E-state index is 10.2. The first-order valence-electron chi connectivity index (χ1n) is 11.7. The van der Waals surface area contributed by atoms with Gasteiger partial charge in [0.05, 0.1) is 5.60 Å². The third kappa shape index (κ3) is 4.95. The van der Waals surface area contributed by atoms with Crippen molar-refractivity contribution in [3.05, 3.63) is 12.2 Å². The molecule has 0 amide bonds. The lowest BCUT2D eigenvalue weighted by Gasteiger charge is -2.49. The summed E-state index contributed by atoms with van der Waals surface area (Å²) < 4.78 is 6.98. The van der Waals surface area contributed by atoms with Gasteiger partial charge in [0.1, 0.15) is 0 Å². The minimum atomic E-state index is -1.73. The van der Waals surface area contributed by atoms with E-state index < -0.39 is 13.9 Å². The Bertz CT molecular complexity index is 554. The minimum absolute atomic E-state index is 0.181. The monoisotopic (exact) mass is 408 g/mol. The number of rotatable bonds is 6. The van der Waals surface area contributed by atoms with Gasteiger partial charge in [-0.1, -0.05) is 60.1 Å². The SMILES string of the molecule is C[C@H](/C=C/[C@H](C)C(C)(C)O)[C@H]1CC[C@H]2[C@@H](O[Si](C)(C)C(C)(C)C)CCC[C@]12C. The van der Waals surface area contributed by atoms with Gasteiger partial charge in [0.25, 0.3) is 0 Å². The van der Waals surface area contributed by atoms with Crippen molar-refractivity contribution in [2.75, 3.05) is 0 Å². The Hall–Kier alpha value is -0.123. The van der Waals surface area contributed by atoms with Crippen molar-refractivity contribution in [3.8, 4) is 0 Å². The first-order chi connectivity index (χ1) is 12.6. The van der Waals surface area contributed by atoms with Gasteiger partial charge < -0.3 is 9.53 Å². The molecule has 6 atom stereocenters. The molecule has 3 heteroatoms. The summed E-state index contributed by atoms with van der Waals surface area (Å²) in [6.07, 6.45) is 11.6. The van der Waals surface area contributed by atoms with Crippen molar-refractivity contribution in [3.63, 3.8) is 0 Å². The van der Waals surface area contributed by atoms with Crippen LogP contribution in [0.4, 0.5) is 0 Å². The van der Waals surface area contributed by atoms with Crippen molar-refractivity contribution >= 4 is 8.32 Å². The molecule has 164 valence electrons. The van der Waals surface area contributed by atoms with Crippen LogP contribution in [-0.4, -0.2) is 25.1 Å². The van der Waals surface area contributed by atoms with E-state index in [9.17, 15) is 5.11 Å². The number of allylic oxidation sites excluding steroid dienone is 1. The molecule has 2 aliphatic rings. The predicted octanol–water partition coefficient (Wildman–Crippen LogP) is 7.19. The first kappa shape index (κ1) is 24.1. The van der Waals surface area contributed by atoms with E-state index >= 15 is 0 Å². The fraction of sp³-hybridized carbons (Fsp3) is 0.920. The maximum Gasteiger partial charge on any atom is 0.192 e. The molecule has 2 rings (SSSR count). The Kier molecular flexibility index (Phi) is 7.06. The van der Waals surface area contributed by atoms with Gasteiger partial charge in [-0.3, -0.25) is 0 Å². The zero-order valence-corrected chi connectivity index (χ0v) is 21.4. The highest BCUT2D eigenvalue weighted by Gasteiger charge is 2.54. The van der Waals surface area contributed by atoms with E-state index in [4.69, 9.17) is 4.43 Å². The molecule has 0 aromatic rings. The average Bonchev–Trinajstić information content (AvgIpc) is 2.88. The Morgan fingerprint density at radius 1 is 1.04 bits per heavy atom. The molecular weight excluding hydrogens is 360 g/mol. The van der Waals surface area contributed by atoms with Crippen LogP contribution in [0.5, 0.6) is 0 Å². The molecule has 0 bridgehead atoms. The number of aliphatic hydroxyl groups is 1. The second-order valence-corrected chi connectivity index (χ2v) is 17.0. The molecule has 2 aliphatic carbocycles. The van der Waals surface area contributed by atoms with Gasteiger partial charge in [0.15, 0.2) is 8.32 Å². The van der Waals surface area contributed by atoms with Gasteiger partial charge in [-0.25, -0.2) is 0 Å². The molecule has 0 aromatic heterocycles. The molecule has 0 radical (unpaired) electrons. The van der Waals surface area contributed by atoms with Crippen LogP contribution in [0.1, 0.15) is 87.5 Å². The smallest absolute Gasteiger partial charge is 0.192 e. The van der Waals surface area contributed by atoms with Gasteiger partial charge in [-0.05, 0) is 80.8 Å². The van der Waals surface area contributed by atoms with Crippen molar-refractivity contribution < 1.29 is 9.53 Å². The van der Waals surface area contributed by atoms with Crippen LogP contribution in [0.2, 0.25) is 18.1 Å². The zero-order valence-electron chi connectivity index (χ0n) is 20.4. The third-order valence-corrected chi connectivity index (χ3v) is 13.3. The summed E-state index contributed by atoms with van der Waals surface area (Å²) in [5.74, 6) is 2.18. The molecule has 1 N–H and O–H groups in total. The van der Waals surface area contributed by atoms with Crippen LogP contribution in [-0.2, 0) is 4.43 Å². The van der Waals surface area contributed by atoms with E-state index in [2.05, 4.69) is 66.8 Å². The molecule has 2 saturated carbocycles. The molecule has 0 spiro atoms. The van der Waals surface area contributed by atoms with Crippen LogP contribution >= 0.6 is 0 Å². The Balaban J connectivity index is 2.14. The lowest BCUT2D eigenvalue weighted by molar-refractivity contribution is -0.0163. The predicted molar refractivity (Wildman–Crippen MR) is 124 cm³/mol. The fourth-order valence-electron chi connectivity index (χ4n) is 5.43. The highest BCUT2D eigenvalue weighted by molar-refractivity contribution is 6.74. The number of hydrogen-bond acceptors (Lipinski definition) is 2.